The average Bonchev–Trinajstić information content (AvgIpc) is 3.53. The van der Waals surface area contributed by atoms with Crippen LogP contribution in [0.2, 0.25) is 0 Å². The van der Waals surface area contributed by atoms with Crippen LogP contribution in [0.1, 0.15) is 54.4 Å². The van der Waals surface area contributed by atoms with E-state index in [1.807, 2.05) is 36.4 Å². The third kappa shape index (κ3) is 7.30. The van der Waals surface area contributed by atoms with Crippen molar-refractivity contribution in [2.45, 2.75) is 38.8 Å². The van der Waals surface area contributed by atoms with Crippen LogP contribution in [0.3, 0.4) is 0 Å². The fraction of sp³-hybridized carbons (Fsp3) is 0.194. The molecule has 1 aromatic heterocycles. The molecule has 5 rings (SSSR count). The number of H-pyrrole nitrogens is 1. The third-order valence-electron chi connectivity index (χ3n) is 8.02. The zero-order valence-corrected chi connectivity index (χ0v) is 26.0. The van der Waals surface area contributed by atoms with Crippen LogP contribution in [-0.4, -0.2) is 58.9 Å². The standard InChI is InChI=1S/C36H34N4O7/c1-20-28(37-21(2)31(20)34(43)39-29(35(44)45)16-22-10-6-4-7-11-22)19-26-25-18-24(14-15-27(25)38-33(26)42)32(41)40-30(36(46)47-3)17-23-12-8-5-9-13-23/h4-15,18-19,29-30,37H,16-17H2,1-3H3,(H,38,42)(H,39,43)(H,40,41)(H,44,45)/b26-19-/t29-,30+/m0/s1. The van der Waals surface area contributed by atoms with Crippen LogP contribution in [-0.2, 0) is 32.0 Å². The molecule has 5 N–H and O–H groups in total. The molecule has 4 aromatic rings. The van der Waals surface area contributed by atoms with Crippen LogP contribution in [0.5, 0.6) is 0 Å². The Labute approximate surface area is 271 Å². The summed E-state index contributed by atoms with van der Waals surface area (Å²) in [5.41, 5.74) is 4.82. The zero-order chi connectivity index (χ0) is 33.7. The largest absolute Gasteiger partial charge is 0.480 e. The van der Waals surface area contributed by atoms with E-state index in [0.29, 0.717) is 28.2 Å². The zero-order valence-electron chi connectivity index (χ0n) is 26.0. The molecule has 0 aliphatic carbocycles. The summed E-state index contributed by atoms with van der Waals surface area (Å²) in [6.45, 7) is 3.39. The van der Waals surface area contributed by atoms with Gasteiger partial charge >= 0.3 is 11.9 Å². The van der Waals surface area contributed by atoms with Gasteiger partial charge in [0, 0.05) is 41.0 Å². The Morgan fingerprint density at radius 3 is 2.04 bits per heavy atom. The minimum absolute atomic E-state index is 0.112. The number of carbonyl (C=O) groups is 5. The van der Waals surface area contributed by atoms with Crippen molar-refractivity contribution in [3.05, 3.63) is 124 Å². The van der Waals surface area contributed by atoms with Gasteiger partial charge in [-0.25, -0.2) is 9.59 Å². The second-order valence-electron chi connectivity index (χ2n) is 11.2. The molecule has 240 valence electrons. The predicted molar refractivity (Wildman–Crippen MR) is 176 cm³/mol. The lowest BCUT2D eigenvalue weighted by molar-refractivity contribution is -0.143. The summed E-state index contributed by atoms with van der Waals surface area (Å²) in [4.78, 5) is 67.3. The molecule has 1 aliphatic rings. The Bertz CT molecular complexity index is 1880. The monoisotopic (exact) mass is 634 g/mol. The third-order valence-corrected chi connectivity index (χ3v) is 8.02. The van der Waals surface area contributed by atoms with E-state index in [1.165, 1.54) is 7.11 Å². The van der Waals surface area contributed by atoms with Crippen LogP contribution in [0.4, 0.5) is 5.69 Å². The van der Waals surface area contributed by atoms with Gasteiger partial charge in [0.25, 0.3) is 17.7 Å². The molecule has 3 aromatic carbocycles. The molecule has 11 heteroatoms. The van der Waals surface area contributed by atoms with Crippen molar-refractivity contribution in [1.82, 2.24) is 15.6 Å². The lowest BCUT2D eigenvalue weighted by Gasteiger charge is -2.17. The summed E-state index contributed by atoms with van der Waals surface area (Å²) < 4.78 is 4.91. The minimum Gasteiger partial charge on any atom is -0.480 e. The van der Waals surface area contributed by atoms with Gasteiger partial charge in [-0.2, -0.15) is 0 Å². The number of esters is 1. The average molecular weight is 635 g/mol. The van der Waals surface area contributed by atoms with Crippen molar-refractivity contribution in [3.63, 3.8) is 0 Å². The number of aromatic amines is 1. The molecule has 0 bridgehead atoms. The van der Waals surface area contributed by atoms with E-state index in [0.717, 1.165) is 11.1 Å². The molecule has 0 saturated carbocycles. The molecule has 2 heterocycles. The topological polar surface area (TPSA) is 167 Å². The van der Waals surface area contributed by atoms with E-state index in [9.17, 15) is 29.1 Å². The number of ether oxygens (including phenoxy) is 1. The van der Waals surface area contributed by atoms with Crippen molar-refractivity contribution >= 4 is 47.0 Å². The summed E-state index contributed by atoms with van der Waals surface area (Å²) in [6.07, 6.45) is 1.93. The molecular formula is C36H34N4O7. The molecule has 0 fully saturated rings. The Morgan fingerprint density at radius 2 is 1.45 bits per heavy atom. The predicted octanol–water partition coefficient (Wildman–Crippen LogP) is 4.06. The van der Waals surface area contributed by atoms with Gasteiger partial charge in [-0.3, -0.25) is 14.4 Å². The quantitative estimate of drug-likeness (QED) is 0.123. The number of hydrogen-bond donors (Lipinski definition) is 5. The van der Waals surface area contributed by atoms with Gasteiger partial charge in [-0.1, -0.05) is 60.7 Å². The summed E-state index contributed by atoms with van der Waals surface area (Å²) in [5.74, 6) is -3.23. The number of nitrogens with one attached hydrogen (secondary N) is 4. The molecule has 1 aliphatic heterocycles. The Morgan fingerprint density at radius 1 is 0.851 bits per heavy atom. The smallest absolute Gasteiger partial charge is 0.328 e. The first kappa shape index (κ1) is 32.4. The number of carboxylic acids is 1. The first-order valence-electron chi connectivity index (χ1n) is 14.9. The maximum absolute atomic E-state index is 13.3. The maximum Gasteiger partial charge on any atom is 0.328 e. The van der Waals surface area contributed by atoms with Gasteiger partial charge in [0.05, 0.1) is 18.2 Å². The number of aromatic nitrogens is 1. The van der Waals surface area contributed by atoms with E-state index in [-0.39, 0.29) is 29.5 Å². The first-order chi connectivity index (χ1) is 22.5. The molecule has 0 spiro atoms. The van der Waals surface area contributed by atoms with E-state index >= 15 is 0 Å². The van der Waals surface area contributed by atoms with E-state index in [4.69, 9.17) is 4.74 Å². The van der Waals surface area contributed by atoms with Gasteiger partial charge in [-0.15, -0.1) is 0 Å². The molecule has 0 unspecified atom stereocenters. The number of benzene rings is 3. The molecule has 0 saturated heterocycles. The van der Waals surface area contributed by atoms with E-state index in [2.05, 4.69) is 20.9 Å². The van der Waals surface area contributed by atoms with Crippen LogP contribution in [0.15, 0.2) is 78.9 Å². The van der Waals surface area contributed by atoms with Crippen molar-refractivity contribution < 1.29 is 33.8 Å². The second-order valence-corrected chi connectivity index (χ2v) is 11.2. The van der Waals surface area contributed by atoms with Gasteiger partial charge < -0.3 is 30.8 Å². The Balaban J connectivity index is 1.38. The number of aryl methyl sites for hydroxylation is 1. The highest BCUT2D eigenvalue weighted by molar-refractivity contribution is 6.35. The van der Waals surface area contributed by atoms with Crippen LogP contribution >= 0.6 is 0 Å². The van der Waals surface area contributed by atoms with Gasteiger partial charge in [-0.05, 0) is 54.8 Å². The molecule has 11 nitrogen and oxygen atoms in total. The fourth-order valence-corrected chi connectivity index (χ4v) is 5.58. The SMILES string of the molecule is COC(=O)[C@@H](Cc1ccccc1)NC(=O)c1ccc2c(c1)/C(=C/c1[nH]c(C)c(C(=O)N[C@@H](Cc3ccccc3)C(=O)O)c1C)C(=O)N2. The summed E-state index contributed by atoms with van der Waals surface area (Å²) in [6, 6.07) is 20.9. The maximum atomic E-state index is 13.3. The van der Waals surface area contributed by atoms with Crippen molar-refractivity contribution in [1.29, 1.82) is 0 Å². The van der Waals surface area contributed by atoms with Gasteiger partial charge in [0.2, 0.25) is 0 Å². The van der Waals surface area contributed by atoms with Gasteiger partial charge in [0.1, 0.15) is 12.1 Å². The van der Waals surface area contributed by atoms with Crippen molar-refractivity contribution in [3.8, 4) is 0 Å². The number of amides is 3. The summed E-state index contributed by atoms with van der Waals surface area (Å²) in [5, 5.41) is 17.9. The fourth-order valence-electron chi connectivity index (χ4n) is 5.58. The summed E-state index contributed by atoms with van der Waals surface area (Å²) >= 11 is 0. The number of anilines is 1. The Hall–Kier alpha value is -5.97. The summed E-state index contributed by atoms with van der Waals surface area (Å²) in [7, 11) is 1.25. The number of fused-ring (bicyclic) bond motifs is 1. The molecular weight excluding hydrogens is 600 g/mol. The number of rotatable bonds is 11. The molecule has 2 atom stereocenters. The van der Waals surface area contributed by atoms with Crippen LogP contribution < -0.4 is 16.0 Å². The number of methoxy groups -OCH3 is 1. The highest BCUT2D eigenvalue weighted by Crippen LogP contribution is 2.35. The number of hydrogen-bond acceptors (Lipinski definition) is 6. The lowest BCUT2D eigenvalue weighted by Crippen LogP contribution is -2.43. The normalized spacial score (nSPS) is 14.1. The number of carboxylic acid groups (broad SMARTS) is 1. The van der Waals surface area contributed by atoms with Crippen molar-refractivity contribution in [2.75, 3.05) is 12.4 Å². The number of carbonyl (C=O) groups excluding carboxylic acids is 4. The van der Waals surface area contributed by atoms with Crippen LogP contribution in [0.25, 0.3) is 11.6 Å². The highest BCUT2D eigenvalue weighted by atomic mass is 16.5. The molecule has 0 radical (unpaired) electrons. The first-order valence-corrected chi connectivity index (χ1v) is 14.9. The van der Waals surface area contributed by atoms with Crippen molar-refractivity contribution in [2.24, 2.45) is 0 Å². The lowest BCUT2D eigenvalue weighted by atomic mass is 10.0. The van der Waals surface area contributed by atoms with E-state index in [1.54, 1.807) is 62.4 Å². The van der Waals surface area contributed by atoms with Gasteiger partial charge in [0.15, 0.2) is 0 Å². The highest BCUT2D eigenvalue weighted by Gasteiger charge is 2.29. The Kier molecular flexibility index (Phi) is 9.65. The van der Waals surface area contributed by atoms with E-state index < -0.39 is 41.7 Å². The number of aliphatic carboxylic acids is 1. The second kappa shape index (κ2) is 14.0. The molecule has 47 heavy (non-hydrogen) atoms. The molecule has 3 amide bonds. The minimum atomic E-state index is -1.16. The van der Waals surface area contributed by atoms with Crippen LogP contribution in [0, 0.1) is 13.8 Å².